The average Bonchev–Trinajstić information content (AvgIpc) is 2.87. The first-order valence-electron chi connectivity index (χ1n) is 6.92. The van der Waals surface area contributed by atoms with Gasteiger partial charge in [0, 0.05) is 40.3 Å². The Labute approximate surface area is 126 Å². The SMILES string of the molecule is CN(C)C(=O)CC1NCCN(CC2CCCO2)C1=O.Cl. The van der Waals surface area contributed by atoms with Crippen LogP contribution in [-0.4, -0.2) is 74.1 Å². The molecule has 6 nitrogen and oxygen atoms in total. The molecule has 2 rings (SSSR count). The fraction of sp³-hybridized carbons (Fsp3) is 0.846. The summed E-state index contributed by atoms with van der Waals surface area (Å²) in [4.78, 5) is 27.4. The molecule has 7 heteroatoms. The lowest BCUT2D eigenvalue weighted by Gasteiger charge is -2.34. The lowest BCUT2D eigenvalue weighted by molar-refractivity contribution is -0.141. The number of nitrogens with one attached hydrogen (secondary N) is 1. The van der Waals surface area contributed by atoms with Crippen LogP contribution in [0.1, 0.15) is 19.3 Å². The molecule has 0 bridgehead atoms. The third kappa shape index (κ3) is 4.33. The number of ether oxygens (including phenoxy) is 1. The van der Waals surface area contributed by atoms with Gasteiger partial charge in [0.1, 0.15) is 0 Å². The van der Waals surface area contributed by atoms with Crippen molar-refractivity contribution in [1.29, 1.82) is 0 Å². The third-order valence-electron chi connectivity index (χ3n) is 3.71. The molecular formula is C13H24ClN3O3. The van der Waals surface area contributed by atoms with Gasteiger partial charge >= 0.3 is 0 Å². The molecule has 0 aromatic rings. The summed E-state index contributed by atoms with van der Waals surface area (Å²) in [6, 6.07) is -0.384. The Morgan fingerprint density at radius 3 is 2.85 bits per heavy atom. The van der Waals surface area contributed by atoms with Gasteiger partial charge in [-0.3, -0.25) is 9.59 Å². The minimum atomic E-state index is -0.384. The topological polar surface area (TPSA) is 61.9 Å². The summed E-state index contributed by atoms with van der Waals surface area (Å²) in [5, 5.41) is 3.13. The van der Waals surface area contributed by atoms with Crippen molar-refractivity contribution in [1.82, 2.24) is 15.1 Å². The summed E-state index contributed by atoms with van der Waals surface area (Å²) in [7, 11) is 3.42. The predicted molar refractivity (Wildman–Crippen MR) is 77.9 cm³/mol. The zero-order valence-corrected chi connectivity index (χ0v) is 12.9. The zero-order chi connectivity index (χ0) is 13.8. The summed E-state index contributed by atoms with van der Waals surface area (Å²) in [6.07, 6.45) is 2.51. The highest BCUT2D eigenvalue weighted by Crippen LogP contribution is 2.15. The van der Waals surface area contributed by atoms with Crippen LogP contribution in [0.3, 0.4) is 0 Å². The van der Waals surface area contributed by atoms with Crippen LogP contribution in [0.15, 0.2) is 0 Å². The van der Waals surface area contributed by atoms with E-state index in [1.807, 2.05) is 4.90 Å². The molecule has 2 amide bonds. The minimum absolute atomic E-state index is 0. The molecule has 20 heavy (non-hydrogen) atoms. The first-order valence-corrected chi connectivity index (χ1v) is 6.92. The smallest absolute Gasteiger partial charge is 0.240 e. The Bertz CT molecular complexity index is 346. The third-order valence-corrected chi connectivity index (χ3v) is 3.71. The van der Waals surface area contributed by atoms with Crippen LogP contribution >= 0.6 is 12.4 Å². The van der Waals surface area contributed by atoms with Crippen molar-refractivity contribution in [2.45, 2.75) is 31.4 Å². The van der Waals surface area contributed by atoms with E-state index in [1.165, 1.54) is 4.90 Å². The van der Waals surface area contributed by atoms with Crippen LogP contribution in [0.5, 0.6) is 0 Å². The number of hydrogen-bond acceptors (Lipinski definition) is 4. The molecule has 0 spiro atoms. The molecule has 2 fully saturated rings. The number of piperazine rings is 1. The number of amides is 2. The second-order valence-electron chi connectivity index (χ2n) is 5.42. The molecule has 2 unspecified atom stereocenters. The van der Waals surface area contributed by atoms with Gasteiger partial charge in [0.15, 0.2) is 0 Å². The summed E-state index contributed by atoms with van der Waals surface area (Å²) in [6.45, 7) is 2.90. The lowest BCUT2D eigenvalue weighted by Crippen LogP contribution is -2.57. The highest BCUT2D eigenvalue weighted by molar-refractivity contribution is 5.88. The molecule has 2 atom stereocenters. The van der Waals surface area contributed by atoms with Gasteiger partial charge in [-0.2, -0.15) is 0 Å². The van der Waals surface area contributed by atoms with Crippen LogP contribution in [-0.2, 0) is 14.3 Å². The lowest BCUT2D eigenvalue weighted by atomic mass is 10.1. The van der Waals surface area contributed by atoms with Crippen LogP contribution in [0, 0.1) is 0 Å². The van der Waals surface area contributed by atoms with Crippen LogP contribution < -0.4 is 5.32 Å². The number of nitrogens with zero attached hydrogens (tertiary/aromatic N) is 2. The molecule has 0 aliphatic carbocycles. The number of halogens is 1. The van der Waals surface area contributed by atoms with Crippen molar-refractivity contribution >= 4 is 24.2 Å². The Kier molecular flexibility index (Phi) is 6.71. The highest BCUT2D eigenvalue weighted by atomic mass is 35.5. The summed E-state index contributed by atoms with van der Waals surface area (Å²) >= 11 is 0. The van der Waals surface area contributed by atoms with E-state index in [1.54, 1.807) is 14.1 Å². The number of carbonyl (C=O) groups is 2. The van der Waals surface area contributed by atoms with E-state index in [-0.39, 0.29) is 42.8 Å². The molecule has 0 aromatic heterocycles. The fourth-order valence-corrected chi connectivity index (χ4v) is 2.52. The van der Waals surface area contributed by atoms with Gasteiger partial charge in [0.2, 0.25) is 11.8 Å². The molecule has 2 heterocycles. The van der Waals surface area contributed by atoms with E-state index < -0.39 is 0 Å². The molecule has 116 valence electrons. The molecule has 0 aromatic carbocycles. The number of carbonyl (C=O) groups excluding carboxylic acids is 2. The molecule has 2 aliphatic rings. The highest BCUT2D eigenvalue weighted by Gasteiger charge is 2.32. The second kappa shape index (κ2) is 7.81. The molecule has 2 saturated heterocycles. The minimum Gasteiger partial charge on any atom is -0.376 e. The average molecular weight is 306 g/mol. The van der Waals surface area contributed by atoms with E-state index >= 15 is 0 Å². The first-order chi connectivity index (χ1) is 9.08. The van der Waals surface area contributed by atoms with Gasteiger partial charge in [0.25, 0.3) is 0 Å². The fourth-order valence-electron chi connectivity index (χ4n) is 2.52. The standard InChI is InChI=1S/C13H23N3O3.ClH/c1-15(2)12(17)8-11-13(18)16(6-5-14-11)9-10-4-3-7-19-10;/h10-11,14H,3-9H2,1-2H3;1H. The maximum absolute atomic E-state index is 12.3. The Hall–Kier alpha value is -0.850. The number of hydrogen-bond donors (Lipinski definition) is 1. The van der Waals surface area contributed by atoms with Crippen molar-refractivity contribution in [2.75, 3.05) is 40.3 Å². The largest absolute Gasteiger partial charge is 0.376 e. The van der Waals surface area contributed by atoms with Crippen LogP contribution in [0.4, 0.5) is 0 Å². The van der Waals surface area contributed by atoms with Gasteiger partial charge in [0.05, 0.1) is 18.6 Å². The first kappa shape index (κ1) is 17.2. The second-order valence-corrected chi connectivity index (χ2v) is 5.42. The summed E-state index contributed by atoms with van der Waals surface area (Å²) in [5.74, 6) is 0.00164. The van der Waals surface area contributed by atoms with E-state index in [9.17, 15) is 9.59 Å². The van der Waals surface area contributed by atoms with Crippen molar-refractivity contribution in [2.24, 2.45) is 0 Å². The molecule has 1 N–H and O–H groups in total. The van der Waals surface area contributed by atoms with Crippen molar-refractivity contribution in [3.63, 3.8) is 0 Å². The Balaban J connectivity index is 0.00000200. The quantitative estimate of drug-likeness (QED) is 0.786. The van der Waals surface area contributed by atoms with E-state index in [0.717, 1.165) is 26.0 Å². The Morgan fingerprint density at radius 1 is 1.50 bits per heavy atom. The van der Waals surface area contributed by atoms with Gasteiger partial charge in [-0.1, -0.05) is 0 Å². The van der Waals surface area contributed by atoms with E-state index in [0.29, 0.717) is 13.1 Å². The number of rotatable bonds is 4. The van der Waals surface area contributed by atoms with Crippen molar-refractivity contribution in [3.8, 4) is 0 Å². The molecule has 2 aliphatic heterocycles. The van der Waals surface area contributed by atoms with E-state index in [4.69, 9.17) is 4.74 Å². The molecule has 0 saturated carbocycles. The van der Waals surface area contributed by atoms with Gasteiger partial charge in [-0.25, -0.2) is 0 Å². The summed E-state index contributed by atoms with van der Waals surface area (Å²) < 4.78 is 5.57. The van der Waals surface area contributed by atoms with Gasteiger partial charge in [-0.15, -0.1) is 12.4 Å². The van der Waals surface area contributed by atoms with Crippen molar-refractivity contribution in [3.05, 3.63) is 0 Å². The Morgan fingerprint density at radius 2 is 2.25 bits per heavy atom. The van der Waals surface area contributed by atoms with Gasteiger partial charge in [-0.05, 0) is 12.8 Å². The van der Waals surface area contributed by atoms with E-state index in [2.05, 4.69) is 5.32 Å². The van der Waals surface area contributed by atoms with Crippen LogP contribution in [0.25, 0.3) is 0 Å². The van der Waals surface area contributed by atoms with Gasteiger partial charge < -0.3 is 19.9 Å². The summed E-state index contributed by atoms with van der Waals surface area (Å²) in [5.41, 5.74) is 0. The predicted octanol–water partition coefficient (Wildman–Crippen LogP) is -0.134. The molecule has 0 radical (unpaired) electrons. The monoisotopic (exact) mass is 305 g/mol. The van der Waals surface area contributed by atoms with Crippen LogP contribution in [0.2, 0.25) is 0 Å². The molecular weight excluding hydrogens is 282 g/mol. The van der Waals surface area contributed by atoms with Crippen molar-refractivity contribution < 1.29 is 14.3 Å². The maximum Gasteiger partial charge on any atom is 0.240 e. The maximum atomic E-state index is 12.3. The zero-order valence-electron chi connectivity index (χ0n) is 12.1. The normalized spacial score (nSPS) is 26.3.